The Morgan fingerprint density at radius 1 is 0.955 bits per heavy atom. The number of carbonyl (C=O) groups is 3. The first-order valence-electron chi connectivity index (χ1n) is 13.9. The van der Waals surface area contributed by atoms with E-state index in [1.807, 2.05) is 13.8 Å². The fourth-order valence-corrected chi connectivity index (χ4v) is 5.46. The van der Waals surface area contributed by atoms with Crippen molar-refractivity contribution in [2.45, 2.75) is 60.9 Å². The summed E-state index contributed by atoms with van der Waals surface area (Å²) in [6.45, 7) is 8.73. The molecule has 1 aromatic rings. The van der Waals surface area contributed by atoms with E-state index in [2.05, 4.69) is 20.3 Å². The second-order valence-corrected chi connectivity index (χ2v) is 14.1. The predicted molar refractivity (Wildman–Crippen MR) is 160 cm³/mol. The molecule has 0 saturated heterocycles. The van der Waals surface area contributed by atoms with Crippen LogP contribution in [0.15, 0.2) is 21.7 Å². The van der Waals surface area contributed by atoms with Gasteiger partial charge in [0.1, 0.15) is 6.54 Å². The quantitative estimate of drug-likeness (QED) is 0.140. The average Bonchev–Trinajstić information content (AvgIpc) is 2.90. The molecule has 2 aliphatic heterocycles. The van der Waals surface area contributed by atoms with Gasteiger partial charge in [-0.1, -0.05) is 0 Å². The number of carboxylic acid groups (broad SMARTS) is 2. The molecule has 0 atom stereocenters. The van der Waals surface area contributed by atoms with Gasteiger partial charge in [-0.05, 0) is 77.6 Å². The number of hydrogen-bond donors (Lipinski definition) is 4. The Labute approximate surface area is 252 Å². The molecular weight excluding hydrogens is 597 g/mol. The van der Waals surface area contributed by atoms with Gasteiger partial charge >= 0.3 is 25.2 Å². The van der Waals surface area contributed by atoms with Crippen molar-refractivity contribution in [1.29, 1.82) is 0 Å². The van der Waals surface area contributed by atoms with Crippen LogP contribution in [0.25, 0.3) is 22.6 Å². The van der Waals surface area contributed by atoms with E-state index in [1.54, 1.807) is 12.1 Å². The van der Waals surface area contributed by atoms with Gasteiger partial charge in [0, 0.05) is 6.54 Å². The van der Waals surface area contributed by atoms with Gasteiger partial charge in [0.25, 0.3) is 5.56 Å². The van der Waals surface area contributed by atoms with Gasteiger partial charge in [-0.25, -0.2) is 9.78 Å². The minimum Gasteiger partial charge on any atom is -0.481 e. The van der Waals surface area contributed by atoms with E-state index in [1.165, 1.54) is 32.3 Å². The highest BCUT2D eigenvalue weighted by Gasteiger charge is 2.32. The largest absolute Gasteiger partial charge is 0.481 e. The zero-order valence-corrected chi connectivity index (χ0v) is 26.4. The Kier molecular flexibility index (Phi) is 10.5. The summed E-state index contributed by atoms with van der Waals surface area (Å²) in [4.78, 5) is 70.8. The Bertz CT molecular complexity index is 1680. The fraction of sp³-hybridized carbons (Fsp3) is 0.536. The third kappa shape index (κ3) is 8.36. The Hall–Kier alpha value is -3.94. The number of hydrogen-bond acceptors (Lipinski definition) is 10. The molecule has 0 aliphatic carbocycles. The van der Waals surface area contributed by atoms with Crippen molar-refractivity contribution < 1.29 is 38.2 Å². The van der Waals surface area contributed by atoms with Crippen LogP contribution >= 0.6 is 7.60 Å². The summed E-state index contributed by atoms with van der Waals surface area (Å²) in [6.07, 6.45) is -0.244. The number of H-pyrrole nitrogens is 1. The second-order valence-electron chi connectivity index (χ2n) is 11.9. The normalized spacial score (nSPS) is 12.5. The molecule has 44 heavy (non-hydrogen) atoms. The first kappa shape index (κ1) is 34.5. The zero-order chi connectivity index (χ0) is 33.0. The molecule has 1 aromatic carbocycles. The number of aromatic amines is 1. The Morgan fingerprint density at radius 3 is 2.05 bits per heavy atom. The summed E-state index contributed by atoms with van der Waals surface area (Å²) in [5.74, 6) is -2.77. The molecule has 4 N–H and O–H groups in total. The molecule has 15 nitrogen and oxygen atoms in total. The number of nitrogens with one attached hydrogen (secondary N) is 2. The van der Waals surface area contributed by atoms with Crippen LogP contribution in [0, 0.1) is 24.7 Å². The Balaban J connectivity index is 1.79. The van der Waals surface area contributed by atoms with Gasteiger partial charge in [-0.15, -0.1) is 0 Å². The van der Waals surface area contributed by atoms with Crippen LogP contribution in [-0.2, 0) is 34.5 Å². The molecule has 0 aromatic heterocycles. The highest BCUT2D eigenvalue weighted by atomic mass is 31.2. The molecule has 0 radical (unpaired) electrons. The molecule has 0 bridgehead atoms. The van der Waals surface area contributed by atoms with Gasteiger partial charge in [-0.2, -0.15) is 4.98 Å². The van der Waals surface area contributed by atoms with Crippen LogP contribution in [0.3, 0.4) is 0 Å². The van der Waals surface area contributed by atoms with Crippen molar-refractivity contribution in [1.82, 2.24) is 24.8 Å². The summed E-state index contributed by atoms with van der Waals surface area (Å²) < 4.78 is 26.0. The molecule has 1 amide bonds. The number of rotatable bonds is 15. The smallest absolute Gasteiger partial charge is 0.349 e. The first-order valence-corrected chi connectivity index (χ1v) is 15.6. The summed E-state index contributed by atoms with van der Waals surface area (Å²) in [7, 11) is -3.91. The first-order chi connectivity index (χ1) is 20.3. The summed E-state index contributed by atoms with van der Waals surface area (Å²) in [5, 5.41) is 21.4. The lowest BCUT2D eigenvalue weighted by Gasteiger charge is -2.24. The van der Waals surface area contributed by atoms with Crippen molar-refractivity contribution in [3.63, 3.8) is 0 Å². The van der Waals surface area contributed by atoms with Crippen LogP contribution in [-0.4, -0.2) is 73.5 Å². The minimum atomic E-state index is -3.91. The van der Waals surface area contributed by atoms with Gasteiger partial charge in [0.15, 0.2) is 11.5 Å². The lowest BCUT2D eigenvalue weighted by molar-refractivity contribution is -0.148. The van der Waals surface area contributed by atoms with Gasteiger partial charge in [-0.3, -0.25) is 28.7 Å². The van der Waals surface area contributed by atoms with E-state index in [9.17, 15) is 38.8 Å². The van der Waals surface area contributed by atoms with Crippen molar-refractivity contribution in [2.24, 2.45) is 10.8 Å². The van der Waals surface area contributed by atoms with Crippen molar-refractivity contribution in [3.05, 3.63) is 44.1 Å². The number of aryl methyl sites for hydroxylation is 2. The van der Waals surface area contributed by atoms with E-state index in [-0.39, 0.29) is 56.8 Å². The number of aliphatic carboxylic acids is 2. The maximum Gasteiger partial charge on any atom is 0.349 e. The fourth-order valence-electron chi connectivity index (χ4n) is 4.00. The van der Waals surface area contributed by atoms with E-state index < -0.39 is 47.5 Å². The molecule has 16 heteroatoms. The molecular formula is C28H38N5O10P. The van der Waals surface area contributed by atoms with Crippen LogP contribution < -0.4 is 16.6 Å². The molecule has 3 rings (SSSR count). The van der Waals surface area contributed by atoms with Crippen molar-refractivity contribution in [2.75, 3.05) is 25.9 Å². The summed E-state index contributed by atoms with van der Waals surface area (Å²) in [5.41, 5.74) is -1.41. The molecule has 0 unspecified atom stereocenters. The molecule has 240 valence electrons. The molecule has 0 spiro atoms. The number of aromatic nitrogens is 4. The number of carboxylic acids is 2. The summed E-state index contributed by atoms with van der Waals surface area (Å²) >= 11 is 0. The molecule has 0 saturated carbocycles. The number of amides is 1. The number of benzene rings is 1. The van der Waals surface area contributed by atoms with E-state index in [0.29, 0.717) is 11.0 Å². The molecule has 2 heterocycles. The van der Waals surface area contributed by atoms with Gasteiger partial charge in [0.2, 0.25) is 5.91 Å². The highest BCUT2D eigenvalue weighted by Crippen LogP contribution is 2.48. The van der Waals surface area contributed by atoms with Crippen molar-refractivity contribution >= 4 is 36.5 Å². The summed E-state index contributed by atoms with van der Waals surface area (Å²) in [6, 6.07) is 3.52. The minimum absolute atomic E-state index is 0.0220. The average molecular weight is 636 g/mol. The number of nitrogens with zero attached hydrogens (tertiary/aromatic N) is 3. The lowest BCUT2D eigenvalue weighted by Crippen LogP contribution is -2.34. The van der Waals surface area contributed by atoms with Crippen LogP contribution in [0.1, 0.15) is 51.7 Å². The topological polar surface area (TPSA) is 220 Å². The van der Waals surface area contributed by atoms with E-state index in [0.717, 1.165) is 11.1 Å². The number of fused-ring (bicyclic) bond motifs is 2. The SMILES string of the molecule is Cc1cc2nc3c(=O)[nH]c(=O)nc-3n(CC(=O)NCCP(=O)(OCCC(C)(C)C(=O)O)OCCC(C)(C)C(=O)O)c2cc1C. The maximum absolute atomic E-state index is 13.6. The lowest BCUT2D eigenvalue weighted by atomic mass is 9.90. The van der Waals surface area contributed by atoms with Crippen molar-refractivity contribution in [3.8, 4) is 11.5 Å². The van der Waals surface area contributed by atoms with Crippen LogP contribution in [0.5, 0.6) is 0 Å². The highest BCUT2D eigenvalue weighted by molar-refractivity contribution is 7.53. The van der Waals surface area contributed by atoms with Gasteiger partial charge in [0.05, 0.1) is 41.2 Å². The maximum atomic E-state index is 13.6. The number of carbonyl (C=O) groups excluding carboxylic acids is 1. The third-order valence-corrected chi connectivity index (χ3v) is 9.35. The second kappa shape index (κ2) is 13.4. The van der Waals surface area contributed by atoms with Crippen LogP contribution in [0.4, 0.5) is 0 Å². The Morgan fingerprint density at radius 2 is 1.50 bits per heavy atom. The van der Waals surface area contributed by atoms with Gasteiger partial charge < -0.3 is 29.1 Å². The van der Waals surface area contributed by atoms with Crippen LogP contribution in [0.2, 0.25) is 0 Å². The predicted octanol–water partition coefficient (Wildman–Crippen LogP) is 2.55. The third-order valence-electron chi connectivity index (χ3n) is 7.42. The molecule has 2 aliphatic rings. The van der Waals surface area contributed by atoms with E-state index in [4.69, 9.17) is 9.05 Å². The van der Waals surface area contributed by atoms with E-state index >= 15 is 0 Å². The monoisotopic (exact) mass is 635 g/mol. The zero-order valence-electron chi connectivity index (χ0n) is 25.6. The standard InChI is InChI=1S/C28H38N5O10P/c1-16-13-18-19(14-17(16)2)33(22-21(30-18)23(35)32-26(40)31-22)15-20(34)29-9-12-44(41,42-10-7-27(3,4)24(36)37)43-11-8-28(5,6)25(38)39/h13-14H,7-12,15H2,1-6H3,(H,29,34)(H,36,37)(H,38,39)(H,32,35,40). The molecule has 0 fully saturated rings.